The topological polar surface area (TPSA) is 57.6 Å². The molecular formula is C15H22ClNO3S. The van der Waals surface area contributed by atoms with Gasteiger partial charge in [0.15, 0.2) is 0 Å². The Balaban J connectivity index is 2.36. The Labute approximate surface area is 131 Å². The molecule has 6 heteroatoms. The van der Waals surface area contributed by atoms with Crippen LogP contribution in [0.4, 0.5) is 0 Å². The Kier molecular flexibility index (Phi) is 5.30. The molecule has 0 spiro atoms. The van der Waals surface area contributed by atoms with E-state index in [2.05, 4.69) is 6.92 Å². The van der Waals surface area contributed by atoms with Crippen molar-refractivity contribution in [3.8, 4) is 0 Å². The van der Waals surface area contributed by atoms with Gasteiger partial charge in [0.05, 0.1) is 11.6 Å². The van der Waals surface area contributed by atoms with Crippen molar-refractivity contribution in [3.05, 3.63) is 28.8 Å². The Hall–Kier alpha value is -0.620. The van der Waals surface area contributed by atoms with E-state index >= 15 is 0 Å². The zero-order valence-electron chi connectivity index (χ0n) is 12.4. The number of aliphatic hydroxyl groups is 1. The molecule has 1 aliphatic carbocycles. The molecule has 1 aromatic carbocycles. The first-order valence-corrected chi connectivity index (χ1v) is 9.07. The summed E-state index contributed by atoms with van der Waals surface area (Å²) in [6, 6.07) is 4.63. The highest BCUT2D eigenvalue weighted by Crippen LogP contribution is 2.33. The van der Waals surface area contributed by atoms with Gasteiger partial charge in [-0.1, -0.05) is 37.4 Å². The predicted molar refractivity (Wildman–Crippen MR) is 83.7 cm³/mol. The average Bonchev–Trinajstić information content (AvgIpc) is 2.47. The Morgan fingerprint density at radius 3 is 2.62 bits per heavy atom. The smallest absolute Gasteiger partial charge is 0.244 e. The van der Waals surface area contributed by atoms with E-state index in [1.54, 1.807) is 13.1 Å². The molecule has 0 heterocycles. The minimum atomic E-state index is -3.64. The summed E-state index contributed by atoms with van der Waals surface area (Å²) in [6.45, 7) is 1.89. The van der Waals surface area contributed by atoms with E-state index in [4.69, 9.17) is 11.6 Å². The van der Waals surface area contributed by atoms with Crippen LogP contribution >= 0.6 is 11.6 Å². The standard InChI is InChI=1S/C15H22ClNO3S/c1-11-5-3-4-6-14(11)17(2)21(19,20)15-9-12(10-18)7-8-13(15)16/h7-9,11,14,18H,3-6,10H2,1-2H3. The molecule has 0 amide bonds. The zero-order chi connectivity index (χ0) is 15.6. The van der Waals surface area contributed by atoms with Crippen molar-refractivity contribution in [1.29, 1.82) is 0 Å². The fourth-order valence-electron chi connectivity index (χ4n) is 3.01. The summed E-state index contributed by atoms with van der Waals surface area (Å²) in [5.41, 5.74) is 0.545. The number of rotatable bonds is 4. The van der Waals surface area contributed by atoms with E-state index in [1.807, 2.05) is 0 Å². The van der Waals surface area contributed by atoms with E-state index in [1.165, 1.54) is 16.4 Å². The van der Waals surface area contributed by atoms with Crippen LogP contribution in [0, 0.1) is 5.92 Å². The van der Waals surface area contributed by atoms with Crippen molar-refractivity contribution in [1.82, 2.24) is 4.31 Å². The van der Waals surface area contributed by atoms with Crippen LogP contribution in [0.2, 0.25) is 5.02 Å². The molecule has 1 aromatic rings. The highest BCUT2D eigenvalue weighted by molar-refractivity contribution is 7.89. The summed E-state index contributed by atoms with van der Waals surface area (Å²) >= 11 is 6.07. The van der Waals surface area contributed by atoms with Crippen LogP contribution < -0.4 is 0 Å². The number of nitrogens with zero attached hydrogens (tertiary/aromatic N) is 1. The molecule has 1 fully saturated rings. The molecule has 0 saturated heterocycles. The fourth-order valence-corrected chi connectivity index (χ4v) is 5.02. The number of benzene rings is 1. The number of sulfonamides is 1. The van der Waals surface area contributed by atoms with Gasteiger partial charge in [0, 0.05) is 13.1 Å². The molecule has 0 aliphatic heterocycles. The van der Waals surface area contributed by atoms with Gasteiger partial charge in [-0.3, -0.25) is 0 Å². The van der Waals surface area contributed by atoms with Crippen molar-refractivity contribution in [2.75, 3.05) is 7.05 Å². The fraction of sp³-hybridized carbons (Fsp3) is 0.600. The quantitative estimate of drug-likeness (QED) is 0.922. The lowest BCUT2D eigenvalue weighted by Gasteiger charge is -2.35. The third-order valence-electron chi connectivity index (χ3n) is 4.37. The van der Waals surface area contributed by atoms with E-state index in [9.17, 15) is 13.5 Å². The van der Waals surface area contributed by atoms with Gasteiger partial charge in [-0.25, -0.2) is 8.42 Å². The molecule has 2 atom stereocenters. The van der Waals surface area contributed by atoms with Crippen LogP contribution in [-0.4, -0.2) is 30.9 Å². The van der Waals surface area contributed by atoms with Gasteiger partial charge in [-0.15, -0.1) is 0 Å². The molecule has 0 radical (unpaired) electrons. The van der Waals surface area contributed by atoms with Gasteiger partial charge in [0.2, 0.25) is 10.0 Å². The molecule has 0 aromatic heterocycles. The lowest BCUT2D eigenvalue weighted by Crippen LogP contribution is -2.42. The highest BCUT2D eigenvalue weighted by atomic mass is 35.5. The monoisotopic (exact) mass is 331 g/mol. The van der Waals surface area contributed by atoms with E-state index in [0.717, 1.165) is 25.7 Å². The first-order chi connectivity index (χ1) is 9.87. The molecule has 1 N–H and O–H groups in total. The summed E-state index contributed by atoms with van der Waals surface area (Å²) in [5.74, 6) is 0.346. The summed E-state index contributed by atoms with van der Waals surface area (Å²) in [4.78, 5) is 0.0796. The second-order valence-electron chi connectivity index (χ2n) is 5.77. The van der Waals surface area contributed by atoms with Crippen LogP contribution in [-0.2, 0) is 16.6 Å². The summed E-state index contributed by atoms with van der Waals surface area (Å²) in [5, 5.41) is 9.39. The van der Waals surface area contributed by atoms with Gasteiger partial charge < -0.3 is 5.11 Å². The van der Waals surface area contributed by atoms with Gasteiger partial charge in [0.1, 0.15) is 4.90 Å². The molecule has 1 aliphatic rings. The minimum absolute atomic E-state index is 0.0117. The van der Waals surface area contributed by atoms with Crippen molar-refractivity contribution < 1.29 is 13.5 Å². The van der Waals surface area contributed by atoms with E-state index in [0.29, 0.717) is 11.5 Å². The number of aliphatic hydroxyl groups excluding tert-OH is 1. The van der Waals surface area contributed by atoms with Crippen molar-refractivity contribution >= 4 is 21.6 Å². The largest absolute Gasteiger partial charge is 0.392 e. The number of hydrogen-bond acceptors (Lipinski definition) is 3. The second kappa shape index (κ2) is 6.65. The lowest BCUT2D eigenvalue weighted by molar-refractivity contribution is 0.213. The maximum Gasteiger partial charge on any atom is 0.244 e. The second-order valence-corrected chi connectivity index (χ2v) is 8.15. The molecular weight excluding hydrogens is 310 g/mol. The van der Waals surface area contributed by atoms with Gasteiger partial charge >= 0.3 is 0 Å². The Bertz CT molecular complexity index is 603. The lowest BCUT2D eigenvalue weighted by atomic mass is 9.86. The Morgan fingerprint density at radius 1 is 1.33 bits per heavy atom. The van der Waals surface area contributed by atoms with Crippen molar-refractivity contribution in [2.24, 2.45) is 5.92 Å². The average molecular weight is 332 g/mol. The first-order valence-electron chi connectivity index (χ1n) is 7.25. The normalized spacial score (nSPS) is 23.5. The van der Waals surface area contributed by atoms with Crippen LogP contribution in [0.5, 0.6) is 0 Å². The van der Waals surface area contributed by atoms with Crippen LogP contribution in [0.15, 0.2) is 23.1 Å². The molecule has 2 rings (SSSR count). The molecule has 0 bridgehead atoms. The first kappa shape index (κ1) is 16.7. The van der Waals surface area contributed by atoms with Crippen molar-refractivity contribution in [3.63, 3.8) is 0 Å². The highest BCUT2D eigenvalue weighted by Gasteiger charge is 2.34. The third-order valence-corrected chi connectivity index (χ3v) is 6.73. The van der Waals surface area contributed by atoms with Crippen LogP contribution in [0.1, 0.15) is 38.2 Å². The van der Waals surface area contributed by atoms with Crippen LogP contribution in [0.3, 0.4) is 0 Å². The Morgan fingerprint density at radius 2 is 2.00 bits per heavy atom. The van der Waals surface area contributed by atoms with Gasteiger partial charge in [-0.2, -0.15) is 4.31 Å². The van der Waals surface area contributed by atoms with E-state index in [-0.39, 0.29) is 22.6 Å². The molecule has 4 nitrogen and oxygen atoms in total. The maximum absolute atomic E-state index is 12.8. The number of halogens is 1. The summed E-state index contributed by atoms with van der Waals surface area (Å²) in [6.07, 6.45) is 4.15. The summed E-state index contributed by atoms with van der Waals surface area (Å²) < 4.78 is 27.1. The maximum atomic E-state index is 12.8. The molecule has 2 unspecified atom stereocenters. The predicted octanol–water partition coefficient (Wildman–Crippen LogP) is 3.03. The van der Waals surface area contributed by atoms with Crippen molar-refractivity contribution in [2.45, 2.75) is 50.2 Å². The minimum Gasteiger partial charge on any atom is -0.392 e. The SMILES string of the molecule is CC1CCCCC1N(C)S(=O)(=O)c1cc(CO)ccc1Cl. The molecule has 1 saturated carbocycles. The summed E-state index contributed by atoms with van der Waals surface area (Å²) in [7, 11) is -2.02. The number of hydrogen-bond donors (Lipinski definition) is 1. The molecule has 21 heavy (non-hydrogen) atoms. The van der Waals surface area contributed by atoms with E-state index < -0.39 is 10.0 Å². The van der Waals surface area contributed by atoms with Gasteiger partial charge in [-0.05, 0) is 36.5 Å². The van der Waals surface area contributed by atoms with Crippen LogP contribution in [0.25, 0.3) is 0 Å². The third kappa shape index (κ3) is 3.42. The zero-order valence-corrected chi connectivity index (χ0v) is 14.0. The molecule has 118 valence electrons. The van der Waals surface area contributed by atoms with Gasteiger partial charge in [0.25, 0.3) is 0 Å².